The van der Waals surface area contributed by atoms with Crippen LogP contribution >= 0.6 is 0 Å². The van der Waals surface area contributed by atoms with Crippen LogP contribution in [0.1, 0.15) is 140 Å². The van der Waals surface area contributed by atoms with E-state index >= 15 is 0 Å². The van der Waals surface area contributed by atoms with E-state index in [0.29, 0.717) is 10.8 Å². The van der Waals surface area contributed by atoms with Crippen LogP contribution in [0.4, 0.5) is 0 Å². The highest BCUT2D eigenvalue weighted by molar-refractivity contribution is 5.82. The third-order valence-electron chi connectivity index (χ3n) is 11.4. The molecule has 4 fully saturated rings. The Balaban J connectivity index is 0.00000109. The molecule has 4 aliphatic rings. The Kier molecular flexibility index (Phi) is 12.0. The molecule has 0 aromatic carbocycles. The predicted octanol–water partition coefficient (Wildman–Crippen LogP) is 11.3. The molecule has 0 aromatic heterocycles. The fraction of sp³-hybridized carbons (Fsp3) is 0.857. The quantitative estimate of drug-likeness (QED) is 0.255. The van der Waals surface area contributed by atoms with Crippen molar-refractivity contribution in [2.24, 2.45) is 57.2 Å². The molecule has 6 unspecified atom stereocenters. The first-order chi connectivity index (χ1) is 17.2. The minimum Gasteiger partial charge on any atom is -0.266 e. The van der Waals surface area contributed by atoms with Gasteiger partial charge in [-0.05, 0) is 136 Å². The minimum atomic E-state index is 0.577. The summed E-state index contributed by atoms with van der Waals surface area (Å²) in [6.07, 6.45) is 20.0. The molecule has 4 saturated carbocycles. The average molecular weight is 498 g/mol. The second kappa shape index (κ2) is 13.8. The second-order valence-corrected chi connectivity index (χ2v) is 13.2. The van der Waals surface area contributed by atoms with E-state index in [4.69, 9.17) is 4.99 Å². The van der Waals surface area contributed by atoms with Crippen LogP contribution < -0.4 is 0 Å². The van der Waals surface area contributed by atoms with Crippen molar-refractivity contribution in [2.75, 3.05) is 0 Å². The topological polar surface area (TPSA) is 12.4 Å². The van der Waals surface area contributed by atoms with E-state index in [1.165, 1.54) is 63.5 Å². The Morgan fingerprint density at radius 3 is 2.22 bits per heavy atom. The van der Waals surface area contributed by atoms with Gasteiger partial charge in [0, 0.05) is 11.9 Å². The zero-order chi connectivity index (χ0) is 27.1. The van der Waals surface area contributed by atoms with E-state index in [1.807, 2.05) is 40.0 Å². The van der Waals surface area contributed by atoms with Crippen LogP contribution in [0, 0.1) is 52.3 Å². The zero-order valence-corrected chi connectivity index (χ0v) is 26.1. The number of aliphatic imine (C=N–C) groups is 1. The first-order valence-corrected chi connectivity index (χ1v) is 16.0. The van der Waals surface area contributed by atoms with Gasteiger partial charge in [0.05, 0.1) is 0 Å². The largest absolute Gasteiger partial charge is 0.266 e. The van der Waals surface area contributed by atoms with Crippen molar-refractivity contribution in [1.29, 1.82) is 0 Å². The van der Waals surface area contributed by atoms with Crippen molar-refractivity contribution in [1.82, 2.24) is 0 Å². The summed E-state index contributed by atoms with van der Waals surface area (Å²) in [6.45, 7) is 26.4. The predicted molar refractivity (Wildman–Crippen MR) is 163 cm³/mol. The maximum atomic E-state index is 4.75. The van der Waals surface area contributed by atoms with Gasteiger partial charge in [-0.2, -0.15) is 0 Å². The van der Waals surface area contributed by atoms with Crippen LogP contribution in [0.25, 0.3) is 0 Å². The van der Waals surface area contributed by atoms with Gasteiger partial charge in [0.1, 0.15) is 0 Å². The summed E-state index contributed by atoms with van der Waals surface area (Å²) in [6, 6.07) is 0. The van der Waals surface area contributed by atoms with Crippen LogP contribution in [0.3, 0.4) is 0 Å². The van der Waals surface area contributed by atoms with Gasteiger partial charge in [-0.25, -0.2) is 0 Å². The standard InChI is InChI=1S/C31H51N.2C2H6/c1-8-21(3)20-32-23(5)18-22(4)28-12-13-29-27-11-10-24-19-30(6,9-2)16-14-25(24)26(27)15-17-31(28,29)7;2*1-2/h8,20,22,24-29H,1,9-19H2,2-7H3;2*1-2H3/b21-20-,32-23?;;/t22-,24?,25?,26?,27?,28-,29?,30-,31?;;/m1../s1. The van der Waals surface area contributed by atoms with E-state index in [0.717, 1.165) is 53.4 Å². The van der Waals surface area contributed by atoms with E-state index < -0.39 is 0 Å². The lowest BCUT2D eigenvalue weighted by atomic mass is 9.47. The Labute approximate surface area is 227 Å². The Hall–Kier alpha value is -0.850. The van der Waals surface area contributed by atoms with Gasteiger partial charge < -0.3 is 0 Å². The number of nitrogens with zero attached hydrogens (tertiary/aromatic N) is 1. The van der Waals surface area contributed by atoms with Crippen molar-refractivity contribution in [3.05, 3.63) is 24.4 Å². The third-order valence-corrected chi connectivity index (χ3v) is 11.4. The molecule has 0 aliphatic heterocycles. The highest BCUT2D eigenvalue weighted by atomic mass is 14.7. The second-order valence-electron chi connectivity index (χ2n) is 13.2. The molecule has 0 spiro atoms. The summed E-state index contributed by atoms with van der Waals surface area (Å²) < 4.78 is 0. The molecule has 9 atom stereocenters. The molecule has 0 heterocycles. The van der Waals surface area contributed by atoms with E-state index in [2.05, 4.69) is 48.1 Å². The van der Waals surface area contributed by atoms with Crippen molar-refractivity contribution in [3.8, 4) is 0 Å². The molecule has 0 N–H and O–H groups in total. The molecule has 208 valence electrons. The Morgan fingerprint density at radius 1 is 0.917 bits per heavy atom. The Morgan fingerprint density at radius 2 is 1.58 bits per heavy atom. The highest BCUT2D eigenvalue weighted by Gasteiger charge is 2.58. The normalized spacial score (nSPS) is 40.8. The van der Waals surface area contributed by atoms with Crippen molar-refractivity contribution in [2.45, 2.75) is 140 Å². The molecule has 36 heavy (non-hydrogen) atoms. The molecular weight excluding hydrogens is 434 g/mol. The molecule has 0 bridgehead atoms. The summed E-state index contributed by atoms with van der Waals surface area (Å²) in [4.78, 5) is 4.75. The number of rotatable bonds is 6. The third kappa shape index (κ3) is 6.58. The van der Waals surface area contributed by atoms with Gasteiger partial charge in [-0.15, -0.1) is 0 Å². The van der Waals surface area contributed by atoms with E-state index in [-0.39, 0.29) is 0 Å². The first-order valence-electron chi connectivity index (χ1n) is 16.0. The first kappa shape index (κ1) is 31.4. The monoisotopic (exact) mass is 497 g/mol. The van der Waals surface area contributed by atoms with Crippen LogP contribution in [-0.2, 0) is 0 Å². The summed E-state index contributed by atoms with van der Waals surface area (Å²) in [5.74, 6) is 6.82. The number of hydrogen-bond donors (Lipinski definition) is 0. The van der Waals surface area contributed by atoms with Gasteiger partial charge in [0.2, 0.25) is 0 Å². The minimum absolute atomic E-state index is 0.577. The summed E-state index contributed by atoms with van der Waals surface area (Å²) in [7, 11) is 0. The summed E-state index contributed by atoms with van der Waals surface area (Å²) in [5, 5.41) is 0. The summed E-state index contributed by atoms with van der Waals surface area (Å²) in [5.41, 5.74) is 3.67. The molecule has 4 rings (SSSR count). The van der Waals surface area contributed by atoms with Crippen LogP contribution in [0.2, 0.25) is 0 Å². The molecule has 0 radical (unpaired) electrons. The number of allylic oxidation sites excluding steroid dienone is 2. The lowest BCUT2D eigenvalue weighted by molar-refractivity contribution is -0.0827. The molecule has 1 nitrogen and oxygen atoms in total. The van der Waals surface area contributed by atoms with Crippen LogP contribution in [-0.4, -0.2) is 5.71 Å². The van der Waals surface area contributed by atoms with Crippen LogP contribution in [0.5, 0.6) is 0 Å². The van der Waals surface area contributed by atoms with Gasteiger partial charge in [-0.1, -0.05) is 74.5 Å². The van der Waals surface area contributed by atoms with Gasteiger partial charge in [0.25, 0.3) is 0 Å². The number of fused-ring (bicyclic) bond motifs is 5. The molecular formula is C35H63N. The number of hydrogen-bond acceptors (Lipinski definition) is 1. The van der Waals surface area contributed by atoms with E-state index in [1.54, 1.807) is 6.42 Å². The fourth-order valence-electron chi connectivity index (χ4n) is 9.41. The van der Waals surface area contributed by atoms with Crippen LogP contribution in [0.15, 0.2) is 29.4 Å². The SMILES string of the molecule is C=C/C(C)=C\N=C(C)C[C@@H](C)[C@H]1CCC2C3CCC4C[C@](C)(CC)CCC4C3CCC21C.CC.CC. The Bertz CT molecular complexity index is 746. The molecule has 4 aliphatic carbocycles. The maximum Gasteiger partial charge on any atom is 0.0296 e. The highest BCUT2D eigenvalue weighted by Crippen LogP contribution is 2.66. The molecule has 0 saturated heterocycles. The van der Waals surface area contributed by atoms with Crippen molar-refractivity contribution < 1.29 is 0 Å². The van der Waals surface area contributed by atoms with Gasteiger partial charge in [0.15, 0.2) is 0 Å². The molecule has 0 amide bonds. The zero-order valence-electron chi connectivity index (χ0n) is 26.1. The molecule has 0 aromatic rings. The summed E-state index contributed by atoms with van der Waals surface area (Å²) >= 11 is 0. The fourth-order valence-corrected chi connectivity index (χ4v) is 9.41. The lowest BCUT2D eigenvalue weighted by Crippen LogP contribution is -2.50. The van der Waals surface area contributed by atoms with Gasteiger partial charge in [-0.3, -0.25) is 4.99 Å². The average Bonchev–Trinajstić information content (AvgIpc) is 3.26. The maximum absolute atomic E-state index is 4.75. The molecule has 1 heteroatoms. The van der Waals surface area contributed by atoms with Gasteiger partial charge >= 0.3 is 0 Å². The van der Waals surface area contributed by atoms with Crippen molar-refractivity contribution in [3.63, 3.8) is 0 Å². The smallest absolute Gasteiger partial charge is 0.0296 e. The van der Waals surface area contributed by atoms with E-state index in [9.17, 15) is 0 Å². The van der Waals surface area contributed by atoms with Crippen molar-refractivity contribution >= 4 is 5.71 Å². The lowest BCUT2D eigenvalue weighted by Gasteiger charge is -2.58.